The summed E-state index contributed by atoms with van der Waals surface area (Å²) in [6, 6.07) is 16.3. The van der Waals surface area contributed by atoms with Crippen molar-refractivity contribution >= 4 is 34.9 Å². The second-order valence-electron chi connectivity index (χ2n) is 10.4. The van der Waals surface area contributed by atoms with Crippen molar-refractivity contribution in [3.63, 3.8) is 0 Å². The summed E-state index contributed by atoms with van der Waals surface area (Å²) in [6.45, 7) is -1.95. The van der Waals surface area contributed by atoms with Crippen molar-refractivity contribution in [3.8, 4) is 17.5 Å². The highest BCUT2D eigenvalue weighted by Crippen LogP contribution is 2.31. The smallest absolute Gasteiger partial charge is 0.435 e. The molecule has 5 aromatic rings. The Bertz CT molecular complexity index is 2070. The minimum atomic E-state index is -4.83. The number of hydrogen-bond donors (Lipinski definition) is 1. The Balaban J connectivity index is 1.48. The molecule has 0 fully saturated rings. The van der Waals surface area contributed by atoms with Gasteiger partial charge in [-0.3, -0.25) is 9.59 Å². The van der Waals surface area contributed by atoms with Crippen LogP contribution in [0.5, 0.6) is 5.75 Å². The van der Waals surface area contributed by atoms with Crippen LogP contribution in [-0.2, 0) is 25.7 Å². The lowest BCUT2D eigenvalue weighted by atomic mass is 9.93. The van der Waals surface area contributed by atoms with Gasteiger partial charge in [-0.1, -0.05) is 41.4 Å². The molecular formula is C31H21Cl2F5N8O3. The van der Waals surface area contributed by atoms with Crippen LogP contribution in [0.15, 0.2) is 60.7 Å². The zero-order valence-corrected chi connectivity index (χ0v) is 26.5. The second kappa shape index (κ2) is 14.4. The number of hydrogen-bond acceptors (Lipinski definition) is 8. The van der Waals surface area contributed by atoms with Crippen LogP contribution in [0, 0.1) is 18.3 Å². The lowest BCUT2D eigenvalue weighted by Crippen LogP contribution is -2.25. The van der Waals surface area contributed by atoms with E-state index in [2.05, 4.69) is 30.6 Å². The van der Waals surface area contributed by atoms with Gasteiger partial charge in [0.25, 0.3) is 11.7 Å². The van der Waals surface area contributed by atoms with Crippen LogP contribution in [0.2, 0.25) is 10.0 Å². The zero-order chi connectivity index (χ0) is 35.5. The van der Waals surface area contributed by atoms with Crippen LogP contribution in [-0.4, -0.2) is 48.3 Å². The molecule has 1 N–H and O–H groups in total. The molecule has 0 bridgehead atoms. The molecule has 2 heterocycles. The Morgan fingerprint density at radius 3 is 2.41 bits per heavy atom. The second-order valence-corrected chi connectivity index (χ2v) is 11.2. The van der Waals surface area contributed by atoms with E-state index >= 15 is 0 Å². The Hall–Kier alpha value is -5.40. The summed E-state index contributed by atoms with van der Waals surface area (Å²) in [5.74, 6) is -2.83. The largest absolute Gasteiger partial charge is 0.455 e. The molecule has 1 amide bonds. The van der Waals surface area contributed by atoms with Crippen LogP contribution >= 0.6 is 23.2 Å². The van der Waals surface area contributed by atoms with Crippen molar-refractivity contribution in [3.05, 3.63) is 116 Å². The number of aryl methyl sites for hydroxylation is 1. The van der Waals surface area contributed by atoms with Gasteiger partial charge in [-0.15, -0.1) is 10.2 Å². The van der Waals surface area contributed by atoms with E-state index in [1.807, 2.05) is 6.07 Å². The monoisotopic (exact) mass is 718 g/mol. The lowest BCUT2D eigenvalue weighted by Gasteiger charge is -2.15. The average molecular weight is 719 g/mol. The van der Waals surface area contributed by atoms with Crippen LogP contribution in [0.3, 0.4) is 0 Å². The van der Waals surface area contributed by atoms with Crippen molar-refractivity contribution in [1.82, 2.24) is 35.3 Å². The Morgan fingerprint density at radius 2 is 1.76 bits per heavy atom. The van der Waals surface area contributed by atoms with Gasteiger partial charge in [0.15, 0.2) is 5.78 Å². The summed E-state index contributed by atoms with van der Waals surface area (Å²) in [5.41, 5.74) is 1.33. The van der Waals surface area contributed by atoms with Gasteiger partial charge in [0.1, 0.15) is 23.7 Å². The third kappa shape index (κ3) is 8.19. The Kier molecular flexibility index (Phi) is 10.2. The van der Waals surface area contributed by atoms with Gasteiger partial charge in [0, 0.05) is 18.5 Å². The molecule has 0 spiro atoms. The molecule has 11 nitrogen and oxygen atoms in total. The van der Waals surface area contributed by atoms with E-state index in [0.29, 0.717) is 15.9 Å². The summed E-state index contributed by atoms with van der Waals surface area (Å²) < 4.78 is 70.0. The fourth-order valence-electron chi connectivity index (χ4n) is 4.82. The van der Waals surface area contributed by atoms with E-state index in [1.54, 1.807) is 19.1 Å². The predicted molar refractivity (Wildman–Crippen MR) is 164 cm³/mol. The molecule has 3 aromatic carbocycles. The number of nitrogens with one attached hydrogen (secondary N) is 1. The fraction of sp³-hybridized carbons (Fsp3) is 0.194. The standard InChI is InChI=1S/C31H21Cl2F5N8O3/c1-16-8-18(13-39)10-22(28(48)40-14-17-4-2-5-20(9-17)49-30(34)35)21(16)12-26(47)25-11-19(15-45-43-29(41-44-45)31(36,37)38)42-46(25)27-23(32)6-3-7-24(27)33/h2-11,30H,12,14-15H2,1H3,(H,40,48). The van der Waals surface area contributed by atoms with Crippen LogP contribution < -0.4 is 10.1 Å². The first-order valence-electron chi connectivity index (χ1n) is 14.0. The normalized spacial score (nSPS) is 11.4. The molecule has 0 aliphatic heterocycles. The lowest BCUT2D eigenvalue weighted by molar-refractivity contribution is -0.145. The van der Waals surface area contributed by atoms with Gasteiger partial charge in [-0.2, -0.15) is 37.1 Å². The molecule has 0 aliphatic carbocycles. The van der Waals surface area contributed by atoms with Crippen LogP contribution in [0.25, 0.3) is 5.69 Å². The van der Waals surface area contributed by atoms with E-state index in [0.717, 1.165) is 4.68 Å². The number of halogens is 7. The summed E-state index contributed by atoms with van der Waals surface area (Å²) in [7, 11) is 0. The highest BCUT2D eigenvalue weighted by atomic mass is 35.5. The van der Waals surface area contributed by atoms with E-state index in [4.69, 9.17) is 23.2 Å². The first-order valence-corrected chi connectivity index (χ1v) is 14.8. The third-order valence-electron chi connectivity index (χ3n) is 6.97. The first kappa shape index (κ1) is 34.9. The van der Waals surface area contributed by atoms with Crippen molar-refractivity contribution in [2.24, 2.45) is 0 Å². The molecule has 0 radical (unpaired) electrons. The van der Waals surface area contributed by atoms with Gasteiger partial charge in [-0.05, 0) is 71.3 Å². The van der Waals surface area contributed by atoms with Crippen molar-refractivity contribution in [2.45, 2.75) is 39.2 Å². The minimum Gasteiger partial charge on any atom is -0.435 e. The number of tetrazole rings is 1. The maximum absolute atomic E-state index is 14.0. The van der Waals surface area contributed by atoms with Crippen molar-refractivity contribution < 1.29 is 36.3 Å². The topological polar surface area (TPSA) is 141 Å². The minimum absolute atomic E-state index is 0.00144. The van der Waals surface area contributed by atoms with Gasteiger partial charge in [0.2, 0.25) is 0 Å². The summed E-state index contributed by atoms with van der Waals surface area (Å²) >= 11 is 12.8. The number of rotatable bonds is 11. The number of nitriles is 1. The number of carbonyl (C=O) groups excluding carboxylic acids is 2. The first-order chi connectivity index (χ1) is 23.2. The van der Waals surface area contributed by atoms with E-state index in [1.165, 1.54) is 48.5 Å². The van der Waals surface area contributed by atoms with E-state index < -0.39 is 43.3 Å². The molecule has 5 rings (SSSR count). The number of ketones is 1. The van der Waals surface area contributed by atoms with Gasteiger partial charge in [-0.25, -0.2) is 4.68 Å². The Labute approximate surface area is 283 Å². The molecular weight excluding hydrogens is 698 g/mol. The Morgan fingerprint density at radius 1 is 1.04 bits per heavy atom. The van der Waals surface area contributed by atoms with Crippen LogP contribution in [0.4, 0.5) is 22.0 Å². The molecule has 0 saturated heterocycles. The average Bonchev–Trinajstić information content (AvgIpc) is 3.68. The molecule has 2 aromatic heterocycles. The number of alkyl halides is 5. The number of nitrogens with zero attached hydrogens (tertiary/aromatic N) is 7. The molecule has 49 heavy (non-hydrogen) atoms. The summed E-state index contributed by atoms with van der Waals surface area (Å²) in [5, 5.41) is 26.6. The molecule has 0 atom stereocenters. The number of benzene rings is 3. The maximum atomic E-state index is 14.0. The molecule has 0 saturated carbocycles. The van der Waals surface area contributed by atoms with Gasteiger partial charge < -0.3 is 10.1 Å². The predicted octanol–water partition coefficient (Wildman–Crippen LogP) is 6.37. The number of Topliss-reactive ketones (excluding diaryl/α,β-unsaturated/α-hetero) is 1. The number of amides is 1. The number of aromatic nitrogens is 6. The number of ether oxygens (including phenoxy) is 1. The maximum Gasteiger partial charge on any atom is 0.455 e. The molecule has 0 aliphatic rings. The van der Waals surface area contributed by atoms with Crippen molar-refractivity contribution in [1.29, 1.82) is 5.26 Å². The van der Waals surface area contributed by atoms with Gasteiger partial charge in [0.05, 0.1) is 27.4 Å². The highest BCUT2D eigenvalue weighted by Gasteiger charge is 2.37. The number of carbonyl (C=O) groups is 2. The quantitative estimate of drug-likeness (QED) is 0.123. The van der Waals surface area contributed by atoms with E-state index in [9.17, 15) is 36.8 Å². The van der Waals surface area contributed by atoms with E-state index in [-0.39, 0.29) is 56.1 Å². The highest BCUT2D eigenvalue weighted by molar-refractivity contribution is 6.37. The van der Waals surface area contributed by atoms with Crippen LogP contribution in [0.1, 0.15) is 54.6 Å². The molecule has 18 heteroatoms. The summed E-state index contributed by atoms with van der Waals surface area (Å²) in [6.07, 6.45) is -5.23. The zero-order valence-electron chi connectivity index (χ0n) is 25.0. The number of para-hydroxylation sites is 1. The fourth-order valence-corrected chi connectivity index (χ4v) is 5.37. The molecule has 0 unspecified atom stereocenters. The van der Waals surface area contributed by atoms with Gasteiger partial charge >= 0.3 is 12.8 Å². The van der Waals surface area contributed by atoms with Crippen molar-refractivity contribution in [2.75, 3.05) is 0 Å². The molecule has 252 valence electrons. The third-order valence-corrected chi connectivity index (χ3v) is 7.58. The summed E-state index contributed by atoms with van der Waals surface area (Å²) in [4.78, 5) is 28.1. The SMILES string of the molecule is Cc1cc(C#N)cc(C(=O)NCc2cccc(OC(F)F)c2)c1CC(=O)c1cc(Cn2nnc(C(F)(F)F)n2)nn1-c1c(Cl)cccc1Cl.